The van der Waals surface area contributed by atoms with E-state index in [4.69, 9.17) is 4.74 Å². The molecular formula is C12H18FNO. The topological polar surface area (TPSA) is 21.3 Å². The molecule has 84 valence electrons. The lowest BCUT2D eigenvalue weighted by Gasteiger charge is -2.08. The normalized spacial score (nSPS) is 10.7. The van der Waals surface area contributed by atoms with Gasteiger partial charge in [-0.25, -0.2) is 4.39 Å². The highest BCUT2D eigenvalue weighted by molar-refractivity contribution is 5.42. The molecule has 1 rings (SSSR count). The van der Waals surface area contributed by atoms with E-state index < -0.39 is 0 Å². The van der Waals surface area contributed by atoms with Crippen LogP contribution in [0.2, 0.25) is 0 Å². The minimum Gasteiger partial charge on any atom is -0.383 e. The standard InChI is InChI=1S/C12H18FNO/c1-10(2)9-15-7-6-14-12-5-3-4-11(13)8-12/h3-5,8,10,14H,6-7,9H2,1-2H3. The Bertz CT molecular complexity index is 289. The fourth-order valence-corrected chi connectivity index (χ4v) is 1.19. The Morgan fingerprint density at radius 3 is 2.87 bits per heavy atom. The first-order chi connectivity index (χ1) is 7.18. The van der Waals surface area contributed by atoms with Crippen LogP contribution < -0.4 is 5.32 Å². The van der Waals surface area contributed by atoms with Crippen LogP contribution in [0.15, 0.2) is 24.3 Å². The van der Waals surface area contributed by atoms with Crippen molar-refractivity contribution in [3.63, 3.8) is 0 Å². The molecule has 1 N–H and O–H groups in total. The Labute approximate surface area is 90.4 Å². The summed E-state index contributed by atoms with van der Waals surface area (Å²) in [7, 11) is 0. The lowest BCUT2D eigenvalue weighted by molar-refractivity contribution is 0.118. The van der Waals surface area contributed by atoms with Crippen molar-refractivity contribution in [2.75, 3.05) is 25.1 Å². The minimum atomic E-state index is -0.219. The number of hydrogen-bond acceptors (Lipinski definition) is 2. The second kappa shape index (κ2) is 6.40. The number of nitrogens with one attached hydrogen (secondary N) is 1. The van der Waals surface area contributed by atoms with E-state index in [1.807, 2.05) is 6.07 Å². The molecule has 0 unspecified atom stereocenters. The van der Waals surface area contributed by atoms with E-state index in [1.165, 1.54) is 12.1 Å². The van der Waals surface area contributed by atoms with Gasteiger partial charge in [0.05, 0.1) is 6.61 Å². The molecule has 0 saturated carbocycles. The predicted molar refractivity (Wildman–Crippen MR) is 60.5 cm³/mol. The third-order valence-corrected chi connectivity index (χ3v) is 1.85. The molecule has 0 aliphatic heterocycles. The maximum absolute atomic E-state index is 12.8. The van der Waals surface area contributed by atoms with E-state index in [2.05, 4.69) is 19.2 Å². The molecule has 15 heavy (non-hydrogen) atoms. The molecule has 0 aliphatic rings. The zero-order chi connectivity index (χ0) is 11.1. The number of benzene rings is 1. The number of anilines is 1. The van der Waals surface area contributed by atoms with Crippen LogP contribution in [0.5, 0.6) is 0 Å². The van der Waals surface area contributed by atoms with Crippen molar-refractivity contribution in [2.24, 2.45) is 5.92 Å². The molecule has 0 saturated heterocycles. The SMILES string of the molecule is CC(C)COCCNc1cccc(F)c1. The van der Waals surface area contributed by atoms with Crippen LogP contribution in [0.3, 0.4) is 0 Å². The van der Waals surface area contributed by atoms with E-state index in [0.29, 0.717) is 19.1 Å². The van der Waals surface area contributed by atoms with Crippen molar-refractivity contribution in [2.45, 2.75) is 13.8 Å². The summed E-state index contributed by atoms with van der Waals surface area (Å²) in [6.07, 6.45) is 0. The molecule has 0 spiro atoms. The molecule has 0 aromatic heterocycles. The number of rotatable bonds is 6. The van der Waals surface area contributed by atoms with Gasteiger partial charge in [-0.05, 0) is 24.1 Å². The quantitative estimate of drug-likeness (QED) is 0.730. The second-order valence-electron chi connectivity index (χ2n) is 3.91. The maximum Gasteiger partial charge on any atom is 0.125 e. The highest BCUT2D eigenvalue weighted by Crippen LogP contribution is 2.08. The molecule has 1 aromatic rings. The first-order valence-corrected chi connectivity index (χ1v) is 5.25. The van der Waals surface area contributed by atoms with E-state index in [9.17, 15) is 4.39 Å². The first-order valence-electron chi connectivity index (χ1n) is 5.25. The van der Waals surface area contributed by atoms with Crippen LogP contribution in [0.1, 0.15) is 13.8 Å². The van der Waals surface area contributed by atoms with Gasteiger partial charge in [-0.15, -0.1) is 0 Å². The molecule has 0 radical (unpaired) electrons. The van der Waals surface area contributed by atoms with Crippen LogP contribution in [0, 0.1) is 11.7 Å². The van der Waals surface area contributed by atoms with Crippen molar-refractivity contribution in [3.8, 4) is 0 Å². The zero-order valence-corrected chi connectivity index (χ0v) is 9.29. The van der Waals surface area contributed by atoms with E-state index >= 15 is 0 Å². The highest BCUT2D eigenvalue weighted by Gasteiger charge is 1.95. The van der Waals surface area contributed by atoms with E-state index in [0.717, 1.165) is 12.3 Å². The number of halogens is 1. The lowest BCUT2D eigenvalue weighted by atomic mass is 10.2. The van der Waals surface area contributed by atoms with Crippen LogP contribution in [0.25, 0.3) is 0 Å². The van der Waals surface area contributed by atoms with Gasteiger partial charge in [0.25, 0.3) is 0 Å². The molecule has 0 heterocycles. The second-order valence-corrected chi connectivity index (χ2v) is 3.91. The van der Waals surface area contributed by atoms with Crippen molar-refractivity contribution in [1.29, 1.82) is 0 Å². The average Bonchev–Trinajstić information content (AvgIpc) is 2.17. The van der Waals surface area contributed by atoms with Gasteiger partial charge >= 0.3 is 0 Å². The van der Waals surface area contributed by atoms with Crippen molar-refractivity contribution >= 4 is 5.69 Å². The molecule has 1 aromatic carbocycles. The first kappa shape index (κ1) is 12.0. The summed E-state index contributed by atoms with van der Waals surface area (Å²) >= 11 is 0. The summed E-state index contributed by atoms with van der Waals surface area (Å²) in [6, 6.07) is 6.43. The summed E-state index contributed by atoms with van der Waals surface area (Å²) < 4.78 is 18.2. The van der Waals surface area contributed by atoms with Crippen LogP contribution in [-0.2, 0) is 4.74 Å². The van der Waals surface area contributed by atoms with Crippen molar-refractivity contribution in [1.82, 2.24) is 0 Å². The zero-order valence-electron chi connectivity index (χ0n) is 9.29. The average molecular weight is 211 g/mol. The summed E-state index contributed by atoms with van der Waals surface area (Å²) in [6.45, 7) is 6.34. The van der Waals surface area contributed by atoms with Crippen LogP contribution >= 0.6 is 0 Å². The Kier molecular flexibility index (Phi) is 5.12. The molecule has 0 atom stereocenters. The Hall–Kier alpha value is -1.09. The molecule has 0 amide bonds. The van der Waals surface area contributed by atoms with Crippen molar-refractivity contribution in [3.05, 3.63) is 30.1 Å². The number of ether oxygens (including phenoxy) is 1. The van der Waals surface area contributed by atoms with E-state index in [1.54, 1.807) is 6.07 Å². The fourth-order valence-electron chi connectivity index (χ4n) is 1.19. The summed E-state index contributed by atoms with van der Waals surface area (Å²) in [5, 5.41) is 3.09. The fraction of sp³-hybridized carbons (Fsp3) is 0.500. The molecule has 0 aliphatic carbocycles. The largest absolute Gasteiger partial charge is 0.383 e. The Morgan fingerprint density at radius 2 is 2.20 bits per heavy atom. The van der Waals surface area contributed by atoms with Gasteiger partial charge in [-0.2, -0.15) is 0 Å². The molecular weight excluding hydrogens is 193 g/mol. The molecule has 3 heteroatoms. The van der Waals surface area contributed by atoms with Gasteiger partial charge in [-0.1, -0.05) is 19.9 Å². The Balaban J connectivity index is 2.15. The van der Waals surface area contributed by atoms with Gasteiger partial charge in [0.15, 0.2) is 0 Å². The molecule has 2 nitrogen and oxygen atoms in total. The van der Waals surface area contributed by atoms with Gasteiger partial charge in [0, 0.05) is 18.8 Å². The van der Waals surface area contributed by atoms with Gasteiger partial charge in [0.2, 0.25) is 0 Å². The highest BCUT2D eigenvalue weighted by atomic mass is 19.1. The monoisotopic (exact) mass is 211 g/mol. The molecule has 0 fully saturated rings. The summed E-state index contributed by atoms with van der Waals surface area (Å²) in [4.78, 5) is 0. The predicted octanol–water partition coefficient (Wildman–Crippen LogP) is 2.91. The summed E-state index contributed by atoms with van der Waals surface area (Å²) in [5.74, 6) is 0.335. The molecule has 0 bridgehead atoms. The Morgan fingerprint density at radius 1 is 1.40 bits per heavy atom. The van der Waals surface area contributed by atoms with Gasteiger partial charge < -0.3 is 10.1 Å². The van der Waals surface area contributed by atoms with E-state index in [-0.39, 0.29) is 5.82 Å². The maximum atomic E-state index is 12.8. The lowest BCUT2D eigenvalue weighted by Crippen LogP contribution is -2.12. The van der Waals surface area contributed by atoms with Crippen molar-refractivity contribution < 1.29 is 9.13 Å². The third-order valence-electron chi connectivity index (χ3n) is 1.85. The third kappa shape index (κ3) is 5.37. The van der Waals surface area contributed by atoms with Gasteiger partial charge in [0.1, 0.15) is 5.82 Å². The summed E-state index contributed by atoms with van der Waals surface area (Å²) in [5.41, 5.74) is 0.795. The van der Waals surface area contributed by atoms with Crippen LogP contribution in [0.4, 0.5) is 10.1 Å². The number of hydrogen-bond donors (Lipinski definition) is 1. The minimum absolute atomic E-state index is 0.219. The van der Waals surface area contributed by atoms with Crippen LogP contribution in [-0.4, -0.2) is 19.8 Å². The van der Waals surface area contributed by atoms with Gasteiger partial charge in [-0.3, -0.25) is 0 Å². The smallest absolute Gasteiger partial charge is 0.125 e.